The average Bonchev–Trinajstić information content (AvgIpc) is 1.63. The van der Waals surface area contributed by atoms with E-state index >= 15 is 0 Å². The van der Waals surface area contributed by atoms with E-state index in [1.165, 1.54) is 0 Å². The first-order valence-electron chi connectivity index (χ1n) is 3.76. The summed E-state index contributed by atoms with van der Waals surface area (Å²) >= 11 is 0. The van der Waals surface area contributed by atoms with Crippen LogP contribution in [0.1, 0.15) is 27.7 Å². The van der Waals surface area contributed by atoms with Gasteiger partial charge in [0, 0.05) is 21.7 Å². The monoisotopic (exact) mass is 212 g/mol. The summed E-state index contributed by atoms with van der Waals surface area (Å²) in [5, 5.41) is 4.37. The minimum atomic E-state index is 0. The summed E-state index contributed by atoms with van der Waals surface area (Å²) in [5.74, 6) is 1.45. The van der Waals surface area contributed by atoms with Gasteiger partial charge in [0.2, 0.25) is 0 Å². The molecule has 0 saturated heterocycles. The maximum Gasteiger partial charge on any atom is 0 e. The van der Waals surface area contributed by atoms with Crippen molar-refractivity contribution in [2.45, 2.75) is 27.7 Å². The zero-order chi connectivity index (χ0) is 7.28. The summed E-state index contributed by atoms with van der Waals surface area (Å²) in [5.41, 5.74) is 0. The summed E-state index contributed by atoms with van der Waals surface area (Å²) in [6.45, 7) is 10.8. The van der Waals surface area contributed by atoms with Crippen LogP contribution in [-0.2, 0) is 21.7 Å². The van der Waals surface area contributed by atoms with Gasteiger partial charge in [-0.15, -0.1) is 25.5 Å². The molecule has 0 aliphatic heterocycles. The fourth-order valence-electron chi connectivity index (χ4n) is 0.591. The largest absolute Gasteiger partial charge is 0.662 e. The minimum Gasteiger partial charge on any atom is -0.662 e. The van der Waals surface area contributed by atoms with Gasteiger partial charge in [0.25, 0.3) is 0 Å². The van der Waals surface area contributed by atoms with Gasteiger partial charge in [0.05, 0.1) is 0 Å². The summed E-state index contributed by atoms with van der Waals surface area (Å²) in [7, 11) is 0. The Bertz CT molecular complexity index is 59.1. The zero-order valence-corrected chi connectivity index (χ0v) is 10.3. The van der Waals surface area contributed by atoms with Gasteiger partial charge in [-0.2, -0.15) is 0 Å². The smallest absolute Gasteiger partial charge is 0 e. The van der Waals surface area contributed by atoms with E-state index in [1.54, 1.807) is 0 Å². The number of hydrogen-bond acceptors (Lipinski definition) is 0. The number of hydrogen-bond donors (Lipinski definition) is 0. The van der Waals surface area contributed by atoms with Crippen LogP contribution in [0.4, 0.5) is 0 Å². The molecule has 11 heavy (non-hydrogen) atoms. The Kier molecular flexibility index (Phi) is 17.8. The predicted molar refractivity (Wildman–Crippen MR) is 50.0 cm³/mol. The third-order valence-corrected chi connectivity index (χ3v) is 0.988. The number of rotatable bonds is 4. The number of nitrogens with zero attached hydrogens (tertiary/aromatic N) is 1. The van der Waals surface area contributed by atoms with Crippen molar-refractivity contribution in [1.82, 2.24) is 0 Å². The van der Waals surface area contributed by atoms with Crippen molar-refractivity contribution in [3.63, 3.8) is 0 Å². The summed E-state index contributed by atoms with van der Waals surface area (Å²) in [6, 6.07) is 0. The summed E-state index contributed by atoms with van der Waals surface area (Å²) in [6.07, 6.45) is 0. The molecule has 0 rings (SSSR count). The topological polar surface area (TPSA) is 14.1 Å². The second-order valence-electron chi connectivity index (χ2n) is 3.38. The van der Waals surface area contributed by atoms with Crippen LogP contribution in [-0.4, -0.2) is 13.1 Å². The molecule has 0 aliphatic carbocycles. The molecule has 0 amide bonds. The molecule has 0 fully saturated rings. The second kappa shape index (κ2) is 11.0. The molecule has 68 valence electrons. The molecule has 0 radical (unpaired) electrons. The van der Waals surface area contributed by atoms with E-state index in [1.807, 2.05) is 0 Å². The van der Waals surface area contributed by atoms with Crippen LogP contribution in [0, 0.1) is 11.8 Å². The number of halogens is 1. The molecule has 0 saturated carbocycles. The Morgan fingerprint density at radius 1 is 0.909 bits per heavy atom. The van der Waals surface area contributed by atoms with Gasteiger partial charge in [0.15, 0.2) is 0 Å². The van der Waals surface area contributed by atoms with Gasteiger partial charge < -0.3 is 5.32 Å². The normalized spacial score (nSPS) is 9.27. The molecule has 0 spiro atoms. The molecule has 3 heteroatoms. The van der Waals surface area contributed by atoms with Crippen LogP contribution in [0.2, 0.25) is 0 Å². The van der Waals surface area contributed by atoms with Crippen molar-refractivity contribution in [2.75, 3.05) is 13.1 Å². The van der Waals surface area contributed by atoms with Crippen molar-refractivity contribution in [2.24, 2.45) is 11.8 Å². The predicted octanol–water partition coefficient (Wildman–Crippen LogP) is 3.09. The summed E-state index contributed by atoms with van der Waals surface area (Å²) < 4.78 is 0. The average molecular weight is 213 g/mol. The molecule has 0 aliphatic rings. The summed E-state index contributed by atoms with van der Waals surface area (Å²) in [4.78, 5) is 0. The van der Waals surface area contributed by atoms with Crippen molar-refractivity contribution >= 4 is 12.4 Å². The standard InChI is InChI=1S/C8H18N.ClH.Ti/c1-7(2)5-9-6-8(3)4;;/h7-8H,5-6H2,1-4H3;1H;/q-1;;. The van der Waals surface area contributed by atoms with Crippen molar-refractivity contribution in [3.8, 4) is 0 Å². The molecule has 0 aromatic rings. The Balaban J connectivity index is -0.000000320. The molecule has 0 atom stereocenters. The van der Waals surface area contributed by atoms with Crippen LogP contribution in [0.15, 0.2) is 0 Å². The quantitative estimate of drug-likeness (QED) is 0.636. The van der Waals surface area contributed by atoms with Gasteiger partial charge in [-0.05, 0) is 0 Å². The molecule has 0 aromatic carbocycles. The molecule has 0 N–H and O–H groups in total. The van der Waals surface area contributed by atoms with E-state index in [0.29, 0.717) is 0 Å². The fraction of sp³-hybridized carbons (Fsp3) is 1.00. The van der Waals surface area contributed by atoms with E-state index in [0.717, 1.165) is 24.9 Å². The van der Waals surface area contributed by atoms with Gasteiger partial charge >= 0.3 is 0 Å². The van der Waals surface area contributed by atoms with Gasteiger partial charge in [-0.1, -0.05) is 39.5 Å². The maximum absolute atomic E-state index is 4.37. The Morgan fingerprint density at radius 2 is 1.18 bits per heavy atom. The van der Waals surface area contributed by atoms with Crippen molar-refractivity contribution in [1.29, 1.82) is 0 Å². The molecule has 0 heterocycles. The first-order valence-corrected chi connectivity index (χ1v) is 3.76. The van der Waals surface area contributed by atoms with Gasteiger partial charge in [-0.25, -0.2) is 0 Å². The van der Waals surface area contributed by atoms with E-state index in [4.69, 9.17) is 0 Å². The van der Waals surface area contributed by atoms with Crippen LogP contribution < -0.4 is 0 Å². The van der Waals surface area contributed by atoms with E-state index in [2.05, 4.69) is 33.0 Å². The van der Waals surface area contributed by atoms with Gasteiger partial charge in [0.1, 0.15) is 0 Å². The van der Waals surface area contributed by atoms with E-state index < -0.39 is 0 Å². The second-order valence-corrected chi connectivity index (χ2v) is 3.38. The van der Waals surface area contributed by atoms with Crippen LogP contribution in [0.3, 0.4) is 0 Å². The maximum atomic E-state index is 4.37. The molecule has 0 aromatic heterocycles. The molecular weight excluding hydrogens is 193 g/mol. The Hall–Kier alpha value is 0.964. The first kappa shape index (κ1) is 17.9. The Morgan fingerprint density at radius 3 is 1.36 bits per heavy atom. The van der Waals surface area contributed by atoms with Gasteiger partial charge in [-0.3, -0.25) is 0 Å². The third kappa shape index (κ3) is 18.2. The Labute approximate surface area is 92.0 Å². The first-order chi connectivity index (χ1) is 4.13. The molecule has 1 nitrogen and oxygen atoms in total. The molecule has 0 unspecified atom stereocenters. The fourth-order valence-corrected chi connectivity index (χ4v) is 0.591. The SMILES string of the molecule is CC(C)C[N-]CC(C)C.Cl.[Ti]. The van der Waals surface area contributed by atoms with E-state index in [-0.39, 0.29) is 34.1 Å². The third-order valence-electron chi connectivity index (χ3n) is 0.988. The zero-order valence-electron chi connectivity index (χ0n) is 7.92. The van der Waals surface area contributed by atoms with Crippen molar-refractivity contribution < 1.29 is 21.7 Å². The molecule has 0 bridgehead atoms. The molecular formula is C8H19ClNTi-. The minimum absolute atomic E-state index is 0. The van der Waals surface area contributed by atoms with Crippen LogP contribution in [0.25, 0.3) is 5.32 Å². The van der Waals surface area contributed by atoms with Crippen molar-refractivity contribution in [3.05, 3.63) is 5.32 Å². The van der Waals surface area contributed by atoms with Crippen LogP contribution >= 0.6 is 12.4 Å². The van der Waals surface area contributed by atoms with Crippen LogP contribution in [0.5, 0.6) is 0 Å². The van der Waals surface area contributed by atoms with E-state index in [9.17, 15) is 0 Å².